The molecule has 0 aromatic heterocycles. The average Bonchev–Trinajstić information content (AvgIpc) is 3.11. The molecule has 4 aliphatic rings. The van der Waals surface area contributed by atoms with Gasteiger partial charge in [0.25, 0.3) is 0 Å². The number of carbonyl (C=O) groups excluding carboxylic acids is 2. The lowest BCUT2D eigenvalue weighted by Gasteiger charge is -2.64. The van der Waals surface area contributed by atoms with Crippen LogP contribution < -0.4 is 21.7 Å². The summed E-state index contributed by atoms with van der Waals surface area (Å²) >= 11 is 0. The Morgan fingerprint density at radius 2 is 1.85 bits per heavy atom. The molecule has 0 aromatic rings. The SMILES string of the molecule is CCCCCNC(=O)NC[C@H](N)C(=O)N[C@@H](CC(C)C)B1O[C@@H]2C[C@@H]3C[C@@H](C3(C)C)[C@]2(C)O1.Cl. The molecule has 0 aromatic carbocycles. The summed E-state index contributed by atoms with van der Waals surface area (Å²) in [6, 6.07) is -1.14. The van der Waals surface area contributed by atoms with Gasteiger partial charge < -0.3 is 31.0 Å². The first-order valence-corrected chi connectivity index (χ1v) is 12.9. The van der Waals surface area contributed by atoms with E-state index >= 15 is 0 Å². The number of unbranched alkanes of at least 4 members (excludes halogenated alkanes) is 2. The predicted molar refractivity (Wildman–Crippen MR) is 138 cm³/mol. The van der Waals surface area contributed by atoms with Crippen molar-refractivity contribution in [2.75, 3.05) is 13.1 Å². The van der Waals surface area contributed by atoms with Gasteiger partial charge in [0.05, 0.1) is 17.6 Å². The number of hydrogen-bond acceptors (Lipinski definition) is 5. The zero-order valence-electron chi connectivity index (χ0n) is 21.8. The topological polar surface area (TPSA) is 115 Å². The van der Waals surface area contributed by atoms with Crippen molar-refractivity contribution in [3.63, 3.8) is 0 Å². The number of rotatable bonds is 11. The molecule has 3 amide bonds. The summed E-state index contributed by atoms with van der Waals surface area (Å²) in [5.41, 5.74) is 6.04. The molecule has 4 rings (SSSR count). The van der Waals surface area contributed by atoms with Crippen molar-refractivity contribution in [2.45, 2.75) is 104 Å². The first kappa shape index (κ1) is 29.2. The third kappa shape index (κ3) is 6.20. The number of nitrogens with one attached hydrogen (secondary N) is 3. The molecule has 0 unspecified atom stereocenters. The molecule has 10 heteroatoms. The molecule has 3 aliphatic carbocycles. The molecule has 1 heterocycles. The van der Waals surface area contributed by atoms with Crippen LogP contribution in [-0.2, 0) is 14.1 Å². The van der Waals surface area contributed by atoms with Gasteiger partial charge in [0.1, 0.15) is 6.04 Å². The van der Waals surface area contributed by atoms with E-state index in [9.17, 15) is 9.59 Å². The fourth-order valence-electron chi connectivity index (χ4n) is 6.04. The lowest BCUT2D eigenvalue weighted by molar-refractivity contribution is -0.199. The van der Waals surface area contributed by atoms with Crippen molar-refractivity contribution < 1.29 is 18.9 Å². The van der Waals surface area contributed by atoms with Crippen LogP contribution in [0.2, 0.25) is 0 Å². The van der Waals surface area contributed by atoms with Crippen LogP contribution in [0.25, 0.3) is 0 Å². The van der Waals surface area contributed by atoms with Crippen molar-refractivity contribution >= 4 is 31.5 Å². The molecule has 2 bridgehead atoms. The molecule has 0 spiro atoms. The second-order valence-corrected chi connectivity index (χ2v) is 11.5. The second-order valence-electron chi connectivity index (χ2n) is 11.5. The Morgan fingerprint density at radius 3 is 2.47 bits per heavy atom. The first-order valence-electron chi connectivity index (χ1n) is 12.9. The molecular formula is C24H46BClN4O4. The summed E-state index contributed by atoms with van der Waals surface area (Å²) in [6.07, 6.45) is 6.10. The minimum Gasteiger partial charge on any atom is -0.404 e. The lowest BCUT2D eigenvalue weighted by Crippen LogP contribution is -2.65. The van der Waals surface area contributed by atoms with Gasteiger partial charge in [0.2, 0.25) is 5.91 Å². The maximum absolute atomic E-state index is 12.9. The van der Waals surface area contributed by atoms with Crippen LogP contribution in [-0.4, -0.2) is 55.8 Å². The van der Waals surface area contributed by atoms with Gasteiger partial charge in [0.15, 0.2) is 0 Å². The largest absolute Gasteiger partial charge is 0.481 e. The molecule has 1 aliphatic heterocycles. The summed E-state index contributed by atoms with van der Waals surface area (Å²) < 4.78 is 13.0. The normalized spacial score (nSPS) is 30.5. The third-order valence-corrected chi connectivity index (χ3v) is 8.24. The van der Waals surface area contributed by atoms with Crippen LogP contribution in [0, 0.1) is 23.2 Å². The molecule has 5 N–H and O–H groups in total. The predicted octanol–water partition coefficient (Wildman–Crippen LogP) is 3.02. The van der Waals surface area contributed by atoms with Crippen LogP contribution in [0.15, 0.2) is 0 Å². The van der Waals surface area contributed by atoms with Crippen molar-refractivity contribution in [1.82, 2.24) is 16.0 Å². The van der Waals surface area contributed by atoms with Gasteiger partial charge in [0, 0.05) is 13.1 Å². The second kappa shape index (κ2) is 11.8. The zero-order chi connectivity index (χ0) is 24.4. The molecule has 8 nitrogen and oxygen atoms in total. The molecule has 1 saturated heterocycles. The Balaban J connectivity index is 0.00000408. The van der Waals surface area contributed by atoms with Crippen LogP contribution >= 0.6 is 12.4 Å². The number of halogens is 1. The van der Waals surface area contributed by atoms with Crippen molar-refractivity contribution in [1.29, 1.82) is 0 Å². The summed E-state index contributed by atoms with van der Waals surface area (Å²) in [7, 11) is -0.483. The van der Waals surface area contributed by atoms with E-state index in [-0.39, 0.29) is 54.0 Å². The fraction of sp³-hybridized carbons (Fsp3) is 0.917. The standard InChI is InChI=1S/C24H45BN4O4.ClH/c1-7-8-9-10-27-22(31)28-14-17(26)21(30)29-20(11-15(2)3)25-32-19-13-16-12-18(23(16,4)5)24(19,6)33-25;/h15-20H,7-14,26H2,1-6H3,(H,29,30)(H2,27,28,31);1H/t16-,17-,18-,19+,20-,24-;/m0./s1. The monoisotopic (exact) mass is 500 g/mol. The highest BCUT2D eigenvalue weighted by molar-refractivity contribution is 6.47. The highest BCUT2D eigenvalue weighted by Gasteiger charge is 2.68. The summed E-state index contributed by atoms with van der Waals surface area (Å²) in [5.74, 6) is 0.911. The molecule has 34 heavy (non-hydrogen) atoms. The van der Waals surface area contributed by atoms with Crippen molar-refractivity contribution in [2.24, 2.45) is 28.9 Å². The lowest BCUT2D eigenvalue weighted by atomic mass is 9.43. The maximum atomic E-state index is 12.9. The minimum atomic E-state index is -0.841. The fourth-order valence-corrected chi connectivity index (χ4v) is 6.04. The van der Waals surface area contributed by atoms with E-state index in [1.165, 1.54) is 6.42 Å². The molecule has 4 fully saturated rings. The number of carbonyl (C=O) groups is 2. The number of amides is 3. The Kier molecular flexibility index (Phi) is 10.1. The van der Waals surface area contributed by atoms with Gasteiger partial charge in [-0.05, 0) is 55.8 Å². The van der Waals surface area contributed by atoms with Gasteiger partial charge in [-0.25, -0.2) is 4.79 Å². The quantitative estimate of drug-likeness (QED) is 0.257. The molecule has 6 atom stereocenters. The smallest absolute Gasteiger partial charge is 0.404 e. The van der Waals surface area contributed by atoms with Crippen LogP contribution in [0.5, 0.6) is 0 Å². The highest BCUT2D eigenvalue weighted by atomic mass is 35.5. The molecular weight excluding hydrogens is 455 g/mol. The highest BCUT2D eigenvalue weighted by Crippen LogP contribution is 2.65. The van der Waals surface area contributed by atoms with Gasteiger partial charge in [-0.3, -0.25) is 4.79 Å². The van der Waals surface area contributed by atoms with E-state index < -0.39 is 13.2 Å². The van der Waals surface area contributed by atoms with E-state index in [0.717, 1.165) is 32.1 Å². The third-order valence-electron chi connectivity index (χ3n) is 8.24. The van der Waals surface area contributed by atoms with Crippen LogP contribution in [0.1, 0.15) is 80.1 Å². The van der Waals surface area contributed by atoms with E-state index in [1.54, 1.807) is 0 Å². The van der Waals surface area contributed by atoms with E-state index in [1.807, 2.05) is 0 Å². The van der Waals surface area contributed by atoms with Gasteiger partial charge in [-0.2, -0.15) is 0 Å². The Bertz CT molecular complexity index is 712. The molecule has 196 valence electrons. The van der Waals surface area contributed by atoms with Crippen LogP contribution in [0.3, 0.4) is 0 Å². The zero-order valence-corrected chi connectivity index (χ0v) is 22.6. The minimum absolute atomic E-state index is 0. The number of nitrogens with two attached hydrogens (primary N) is 1. The summed E-state index contributed by atoms with van der Waals surface area (Å²) in [4.78, 5) is 24.8. The van der Waals surface area contributed by atoms with E-state index in [0.29, 0.717) is 24.3 Å². The number of urea groups is 1. The maximum Gasteiger partial charge on any atom is 0.481 e. The van der Waals surface area contributed by atoms with Crippen LogP contribution in [0.4, 0.5) is 4.79 Å². The Labute approximate surface area is 212 Å². The van der Waals surface area contributed by atoms with Gasteiger partial charge in [-0.15, -0.1) is 12.4 Å². The number of hydrogen-bond donors (Lipinski definition) is 4. The summed E-state index contributed by atoms with van der Waals surface area (Å²) in [6.45, 7) is 13.9. The van der Waals surface area contributed by atoms with Crippen molar-refractivity contribution in [3.8, 4) is 0 Å². The first-order chi connectivity index (χ1) is 15.5. The van der Waals surface area contributed by atoms with Crippen molar-refractivity contribution in [3.05, 3.63) is 0 Å². The van der Waals surface area contributed by atoms with Gasteiger partial charge >= 0.3 is 13.1 Å². The Morgan fingerprint density at radius 1 is 1.15 bits per heavy atom. The van der Waals surface area contributed by atoms with E-state index in [2.05, 4.69) is 57.5 Å². The Hall–Kier alpha value is -1.03. The van der Waals surface area contributed by atoms with E-state index in [4.69, 9.17) is 15.0 Å². The average molecular weight is 501 g/mol. The molecule has 0 radical (unpaired) electrons. The molecule has 3 saturated carbocycles. The summed E-state index contributed by atoms with van der Waals surface area (Å²) in [5, 5.41) is 8.55. The van der Waals surface area contributed by atoms with Gasteiger partial charge in [-0.1, -0.05) is 47.5 Å².